The van der Waals surface area contributed by atoms with Gasteiger partial charge < -0.3 is 10.6 Å². The highest BCUT2D eigenvalue weighted by atomic mass is 15.1. The Morgan fingerprint density at radius 1 is 1.35 bits per heavy atom. The molecule has 0 saturated heterocycles. The maximum Gasteiger partial charge on any atom is 0.0396 e. The maximum absolute atomic E-state index is 5.93. The second-order valence-electron chi connectivity index (χ2n) is 5.09. The van der Waals surface area contributed by atoms with E-state index in [1.54, 1.807) is 0 Å². The summed E-state index contributed by atoms with van der Waals surface area (Å²) in [6, 6.07) is 6.89. The van der Waals surface area contributed by atoms with Gasteiger partial charge >= 0.3 is 0 Å². The molecule has 0 heterocycles. The van der Waals surface area contributed by atoms with Crippen molar-refractivity contribution in [2.24, 2.45) is 5.73 Å². The Bertz CT molecular complexity index is 345. The number of nitrogens with two attached hydrogens (primary N) is 1. The van der Waals surface area contributed by atoms with Crippen LogP contribution in [0.4, 0.5) is 5.69 Å². The van der Waals surface area contributed by atoms with Gasteiger partial charge in [0.25, 0.3) is 0 Å². The van der Waals surface area contributed by atoms with Gasteiger partial charge in [-0.2, -0.15) is 0 Å². The minimum atomic E-state index is 0.218. The Kier molecular flexibility index (Phi) is 5.49. The number of anilines is 1. The van der Waals surface area contributed by atoms with E-state index < -0.39 is 0 Å². The molecule has 1 atom stereocenters. The summed E-state index contributed by atoms with van der Waals surface area (Å²) < 4.78 is 0. The van der Waals surface area contributed by atoms with Crippen molar-refractivity contribution in [2.45, 2.75) is 46.1 Å². The average Bonchev–Trinajstić information content (AvgIpc) is 2.25. The lowest BCUT2D eigenvalue weighted by molar-refractivity contribution is 0.725. The van der Waals surface area contributed by atoms with E-state index in [0.717, 1.165) is 13.0 Å². The summed E-state index contributed by atoms with van der Waals surface area (Å²) >= 11 is 0. The van der Waals surface area contributed by atoms with Crippen molar-refractivity contribution >= 4 is 5.69 Å². The fraction of sp³-hybridized carbons (Fsp3) is 0.600. The normalized spacial score (nSPS) is 12.5. The molecule has 0 aliphatic rings. The van der Waals surface area contributed by atoms with Crippen molar-refractivity contribution in [2.75, 3.05) is 18.5 Å². The first kappa shape index (κ1) is 14.0. The van der Waals surface area contributed by atoms with Crippen LogP contribution in [-0.4, -0.2) is 19.6 Å². The van der Waals surface area contributed by atoms with Crippen molar-refractivity contribution in [3.8, 4) is 0 Å². The van der Waals surface area contributed by atoms with Gasteiger partial charge in [0.15, 0.2) is 0 Å². The van der Waals surface area contributed by atoms with E-state index in [1.807, 2.05) is 0 Å². The summed E-state index contributed by atoms with van der Waals surface area (Å²) in [7, 11) is 2.17. The highest BCUT2D eigenvalue weighted by Crippen LogP contribution is 2.22. The second-order valence-corrected chi connectivity index (χ2v) is 5.09. The first-order valence-corrected chi connectivity index (χ1v) is 6.60. The minimum Gasteiger partial charge on any atom is -0.374 e. The van der Waals surface area contributed by atoms with Gasteiger partial charge in [-0.1, -0.05) is 31.0 Å². The van der Waals surface area contributed by atoms with E-state index in [1.165, 1.54) is 29.7 Å². The summed E-state index contributed by atoms with van der Waals surface area (Å²) in [5.74, 6) is 0. The lowest BCUT2D eigenvalue weighted by Gasteiger charge is -2.23. The van der Waals surface area contributed by atoms with Crippen LogP contribution in [0.25, 0.3) is 0 Å². The second kappa shape index (κ2) is 6.65. The van der Waals surface area contributed by atoms with E-state index in [-0.39, 0.29) is 6.04 Å². The van der Waals surface area contributed by atoms with E-state index in [9.17, 15) is 0 Å². The van der Waals surface area contributed by atoms with Gasteiger partial charge in [0.1, 0.15) is 0 Å². The fourth-order valence-corrected chi connectivity index (χ4v) is 2.11. The van der Waals surface area contributed by atoms with Crippen molar-refractivity contribution in [3.63, 3.8) is 0 Å². The lowest BCUT2D eigenvalue weighted by atomic mass is 10.0. The van der Waals surface area contributed by atoms with Crippen LogP contribution < -0.4 is 10.6 Å². The Morgan fingerprint density at radius 2 is 2.06 bits per heavy atom. The standard InChI is InChI=1S/C15H26N2/c1-5-6-9-17(4)15-8-7-12(2)10-14(15)11-13(3)16/h7-8,10,13H,5-6,9,11,16H2,1-4H3. The molecule has 2 nitrogen and oxygen atoms in total. The minimum absolute atomic E-state index is 0.218. The van der Waals surface area contributed by atoms with Crippen molar-refractivity contribution in [1.82, 2.24) is 0 Å². The zero-order valence-corrected chi connectivity index (χ0v) is 11.7. The Morgan fingerprint density at radius 3 is 2.65 bits per heavy atom. The third kappa shape index (κ3) is 4.39. The molecule has 1 rings (SSSR count). The Hall–Kier alpha value is -1.02. The first-order valence-electron chi connectivity index (χ1n) is 6.60. The number of rotatable bonds is 6. The van der Waals surface area contributed by atoms with Gasteiger partial charge in [0.05, 0.1) is 0 Å². The summed E-state index contributed by atoms with van der Waals surface area (Å²) in [6.45, 7) is 7.55. The van der Waals surface area contributed by atoms with Crippen LogP contribution in [0, 0.1) is 6.92 Å². The molecular weight excluding hydrogens is 208 g/mol. The molecule has 0 bridgehead atoms. The fourth-order valence-electron chi connectivity index (χ4n) is 2.11. The SMILES string of the molecule is CCCCN(C)c1ccc(C)cc1CC(C)N. The monoisotopic (exact) mass is 234 g/mol. The predicted octanol–water partition coefficient (Wildman–Crippen LogP) is 3.12. The molecule has 0 aliphatic heterocycles. The van der Waals surface area contributed by atoms with Gasteiger partial charge in [0.2, 0.25) is 0 Å². The van der Waals surface area contributed by atoms with E-state index in [4.69, 9.17) is 5.73 Å². The largest absolute Gasteiger partial charge is 0.374 e. The third-order valence-electron chi connectivity index (χ3n) is 3.04. The Labute approximate surface area is 106 Å². The zero-order chi connectivity index (χ0) is 12.8. The highest BCUT2D eigenvalue weighted by Gasteiger charge is 2.09. The molecule has 1 aromatic carbocycles. The molecule has 0 saturated carbocycles. The van der Waals surface area contributed by atoms with Crippen LogP contribution in [-0.2, 0) is 6.42 Å². The summed E-state index contributed by atoms with van der Waals surface area (Å²) in [5, 5.41) is 0. The molecule has 0 radical (unpaired) electrons. The number of hydrogen-bond acceptors (Lipinski definition) is 2. The average molecular weight is 234 g/mol. The molecule has 0 aromatic heterocycles. The number of nitrogens with zero attached hydrogens (tertiary/aromatic N) is 1. The summed E-state index contributed by atoms with van der Waals surface area (Å²) in [6.07, 6.45) is 3.42. The predicted molar refractivity (Wildman–Crippen MR) is 76.7 cm³/mol. The smallest absolute Gasteiger partial charge is 0.0396 e. The van der Waals surface area contributed by atoms with Crippen molar-refractivity contribution in [3.05, 3.63) is 29.3 Å². The van der Waals surface area contributed by atoms with E-state index in [2.05, 4.69) is 50.9 Å². The number of benzene rings is 1. The van der Waals surface area contributed by atoms with Gasteiger partial charge in [-0.3, -0.25) is 0 Å². The number of aryl methyl sites for hydroxylation is 1. The Balaban J connectivity index is 2.88. The lowest BCUT2D eigenvalue weighted by Crippen LogP contribution is -2.23. The van der Waals surface area contributed by atoms with Crippen molar-refractivity contribution in [1.29, 1.82) is 0 Å². The molecule has 0 amide bonds. The molecule has 1 unspecified atom stereocenters. The van der Waals surface area contributed by atoms with Crippen LogP contribution in [0.15, 0.2) is 18.2 Å². The van der Waals surface area contributed by atoms with Gasteiger partial charge in [-0.15, -0.1) is 0 Å². The molecular formula is C15H26N2. The van der Waals surface area contributed by atoms with Crippen LogP contribution in [0.5, 0.6) is 0 Å². The van der Waals surface area contributed by atoms with Crippen molar-refractivity contribution < 1.29 is 0 Å². The third-order valence-corrected chi connectivity index (χ3v) is 3.04. The van der Waals surface area contributed by atoms with E-state index >= 15 is 0 Å². The molecule has 0 spiro atoms. The molecule has 2 N–H and O–H groups in total. The van der Waals surface area contributed by atoms with Crippen LogP contribution in [0.1, 0.15) is 37.8 Å². The number of unbranched alkanes of at least 4 members (excludes halogenated alkanes) is 1. The maximum atomic E-state index is 5.93. The van der Waals surface area contributed by atoms with Gasteiger partial charge in [0, 0.05) is 25.3 Å². The highest BCUT2D eigenvalue weighted by molar-refractivity contribution is 5.54. The molecule has 2 heteroatoms. The zero-order valence-electron chi connectivity index (χ0n) is 11.7. The van der Waals surface area contributed by atoms with Gasteiger partial charge in [-0.25, -0.2) is 0 Å². The van der Waals surface area contributed by atoms with Crippen LogP contribution >= 0.6 is 0 Å². The topological polar surface area (TPSA) is 29.3 Å². The summed E-state index contributed by atoms with van der Waals surface area (Å²) in [5.41, 5.74) is 9.95. The molecule has 96 valence electrons. The molecule has 0 fully saturated rings. The quantitative estimate of drug-likeness (QED) is 0.819. The van der Waals surface area contributed by atoms with E-state index in [0.29, 0.717) is 0 Å². The molecule has 17 heavy (non-hydrogen) atoms. The van der Waals surface area contributed by atoms with Gasteiger partial charge in [-0.05, 0) is 38.3 Å². The first-order chi connectivity index (χ1) is 8.04. The summed E-state index contributed by atoms with van der Waals surface area (Å²) in [4.78, 5) is 2.35. The van der Waals surface area contributed by atoms with Crippen LogP contribution in [0.2, 0.25) is 0 Å². The molecule has 1 aromatic rings. The molecule has 0 aliphatic carbocycles. The van der Waals surface area contributed by atoms with Crippen LogP contribution in [0.3, 0.4) is 0 Å². The number of hydrogen-bond donors (Lipinski definition) is 1.